The Kier molecular flexibility index (Phi) is 5.60. The van der Waals surface area contributed by atoms with Crippen molar-refractivity contribution in [3.05, 3.63) is 29.6 Å². The Hall–Kier alpha value is -1.30. The van der Waals surface area contributed by atoms with E-state index in [0.29, 0.717) is 13.0 Å². The van der Waals surface area contributed by atoms with Crippen molar-refractivity contribution in [2.45, 2.75) is 32.0 Å². The van der Waals surface area contributed by atoms with Crippen molar-refractivity contribution >= 4 is 0 Å². The lowest BCUT2D eigenvalue weighted by molar-refractivity contribution is -0.140. The second-order valence-electron chi connectivity index (χ2n) is 4.21. The van der Waals surface area contributed by atoms with Crippen molar-refractivity contribution in [2.75, 3.05) is 13.7 Å². The molecule has 19 heavy (non-hydrogen) atoms. The quantitative estimate of drug-likeness (QED) is 0.799. The molecule has 0 amide bonds. The largest absolute Gasteiger partial charge is 0.496 e. The Bertz CT molecular complexity index is 406. The van der Waals surface area contributed by atoms with Crippen LogP contribution in [0.5, 0.6) is 5.75 Å². The second-order valence-corrected chi connectivity index (χ2v) is 4.21. The van der Waals surface area contributed by atoms with Crippen LogP contribution in [0.25, 0.3) is 0 Å². The van der Waals surface area contributed by atoms with Gasteiger partial charge in [-0.1, -0.05) is 6.92 Å². The van der Waals surface area contributed by atoms with E-state index in [2.05, 4.69) is 5.32 Å². The van der Waals surface area contributed by atoms with Gasteiger partial charge in [-0.2, -0.15) is 13.2 Å². The smallest absolute Gasteiger partial charge is 0.390 e. The number of alkyl halides is 3. The van der Waals surface area contributed by atoms with Crippen molar-refractivity contribution in [3.8, 4) is 5.75 Å². The van der Waals surface area contributed by atoms with Gasteiger partial charge in [-0.3, -0.25) is 0 Å². The highest BCUT2D eigenvalue weighted by atomic mass is 19.4. The molecule has 0 heterocycles. The molecule has 0 saturated carbocycles. The highest BCUT2D eigenvalue weighted by Gasteiger charge is 2.33. The van der Waals surface area contributed by atoms with Crippen molar-refractivity contribution in [2.24, 2.45) is 0 Å². The number of nitrogens with one attached hydrogen (secondary N) is 1. The van der Waals surface area contributed by atoms with Crippen LogP contribution < -0.4 is 10.1 Å². The van der Waals surface area contributed by atoms with Crippen LogP contribution in [0, 0.1) is 5.82 Å². The first-order valence-corrected chi connectivity index (χ1v) is 6.01. The molecule has 0 spiro atoms. The van der Waals surface area contributed by atoms with Crippen LogP contribution in [0.2, 0.25) is 0 Å². The van der Waals surface area contributed by atoms with Crippen LogP contribution >= 0.6 is 0 Å². The molecule has 0 saturated heterocycles. The van der Waals surface area contributed by atoms with Crippen molar-refractivity contribution < 1.29 is 22.3 Å². The number of rotatable bonds is 6. The van der Waals surface area contributed by atoms with Gasteiger partial charge in [0.25, 0.3) is 0 Å². The third kappa shape index (κ3) is 5.06. The van der Waals surface area contributed by atoms with Gasteiger partial charge in [-0.15, -0.1) is 0 Å². The lowest BCUT2D eigenvalue weighted by Crippen LogP contribution is -2.27. The molecule has 1 aromatic carbocycles. The summed E-state index contributed by atoms with van der Waals surface area (Å²) in [6.07, 6.45) is -4.71. The molecule has 108 valence electrons. The van der Waals surface area contributed by atoms with Gasteiger partial charge in [0.1, 0.15) is 11.6 Å². The summed E-state index contributed by atoms with van der Waals surface area (Å²) in [6.45, 7) is 2.26. The van der Waals surface area contributed by atoms with Crippen LogP contribution in [0.15, 0.2) is 18.2 Å². The normalized spacial score (nSPS) is 13.4. The molecule has 1 atom stereocenters. The maximum absolute atomic E-state index is 13.2. The summed E-state index contributed by atoms with van der Waals surface area (Å²) in [4.78, 5) is 0. The molecule has 0 aromatic heterocycles. The maximum atomic E-state index is 13.2. The number of methoxy groups -OCH3 is 1. The van der Waals surface area contributed by atoms with Gasteiger partial charge in [-0.25, -0.2) is 4.39 Å². The van der Waals surface area contributed by atoms with Gasteiger partial charge in [0.05, 0.1) is 13.5 Å². The highest BCUT2D eigenvalue weighted by molar-refractivity contribution is 5.36. The lowest BCUT2D eigenvalue weighted by atomic mass is 10.0. The van der Waals surface area contributed by atoms with Gasteiger partial charge in [-0.05, 0) is 31.2 Å². The van der Waals surface area contributed by atoms with Crippen LogP contribution in [-0.2, 0) is 0 Å². The Morgan fingerprint density at radius 2 is 2.00 bits per heavy atom. The number of hydrogen-bond acceptors (Lipinski definition) is 2. The number of ether oxygens (including phenoxy) is 1. The van der Waals surface area contributed by atoms with Crippen molar-refractivity contribution in [1.29, 1.82) is 0 Å². The fourth-order valence-corrected chi connectivity index (χ4v) is 1.82. The average molecular weight is 279 g/mol. The first kappa shape index (κ1) is 15.8. The minimum absolute atomic E-state index is 0.188. The van der Waals surface area contributed by atoms with E-state index in [9.17, 15) is 17.6 Å². The fourth-order valence-electron chi connectivity index (χ4n) is 1.82. The van der Waals surface area contributed by atoms with E-state index in [-0.39, 0.29) is 11.3 Å². The predicted molar refractivity (Wildman–Crippen MR) is 64.7 cm³/mol. The number of benzene rings is 1. The molecule has 0 aliphatic rings. The number of halogens is 4. The molecule has 1 N–H and O–H groups in total. The molecular formula is C13H17F4NO. The molecule has 0 aliphatic heterocycles. The molecule has 2 nitrogen and oxygen atoms in total. The molecule has 0 fully saturated rings. The Morgan fingerprint density at radius 3 is 2.53 bits per heavy atom. The van der Waals surface area contributed by atoms with Gasteiger partial charge < -0.3 is 10.1 Å². The zero-order valence-electron chi connectivity index (χ0n) is 10.9. The Morgan fingerprint density at radius 1 is 1.32 bits per heavy atom. The van der Waals surface area contributed by atoms with E-state index in [1.54, 1.807) is 0 Å². The van der Waals surface area contributed by atoms with E-state index in [4.69, 9.17) is 4.74 Å². The summed E-state index contributed by atoms with van der Waals surface area (Å²) in [7, 11) is 1.35. The molecule has 1 rings (SSSR count). The van der Waals surface area contributed by atoms with Crippen molar-refractivity contribution in [1.82, 2.24) is 5.32 Å². The molecule has 0 bridgehead atoms. The van der Waals surface area contributed by atoms with Crippen molar-refractivity contribution in [3.63, 3.8) is 0 Å². The molecular weight excluding hydrogens is 262 g/mol. The summed E-state index contributed by atoms with van der Waals surface area (Å²) in [6, 6.07) is 2.57. The zero-order valence-corrected chi connectivity index (χ0v) is 10.9. The Balaban J connectivity index is 3.04. The SMILES string of the molecule is CCCNC(CC(F)(F)F)c1cc(F)ccc1OC. The summed E-state index contributed by atoms with van der Waals surface area (Å²) in [5.41, 5.74) is 0.188. The molecule has 6 heteroatoms. The fraction of sp³-hybridized carbons (Fsp3) is 0.538. The molecule has 1 unspecified atom stereocenters. The molecule has 0 radical (unpaired) electrons. The third-order valence-electron chi connectivity index (χ3n) is 2.64. The van der Waals surface area contributed by atoms with E-state index in [0.717, 1.165) is 12.1 Å². The Labute approximate surface area is 109 Å². The van der Waals surface area contributed by atoms with Crippen LogP contribution in [-0.4, -0.2) is 19.8 Å². The van der Waals surface area contributed by atoms with Crippen LogP contribution in [0.4, 0.5) is 17.6 Å². The summed E-state index contributed by atoms with van der Waals surface area (Å²) < 4.78 is 56.0. The number of hydrogen-bond donors (Lipinski definition) is 1. The van der Waals surface area contributed by atoms with Gasteiger partial charge in [0, 0.05) is 11.6 Å². The first-order valence-electron chi connectivity index (χ1n) is 6.01. The van der Waals surface area contributed by atoms with E-state index < -0.39 is 24.5 Å². The third-order valence-corrected chi connectivity index (χ3v) is 2.64. The zero-order chi connectivity index (χ0) is 14.5. The minimum atomic E-state index is -4.33. The van der Waals surface area contributed by atoms with Gasteiger partial charge in [0.2, 0.25) is 0 Å². The average Bonchev–Trinajstić information content (AvgIpc) is 2.33. The van der Waals surface area contributed by atoms with Gasteiger partial charge in [0.15, 0.2) is 0 Å². The van der Waals surface area contributed by atoms with E-state index in [1.165, 1.54) is 13.2 Å². The van der Waals surface area contributed by atoms with E-state index >= 15 is 0 Å². The molecule has 0 aliphatic carbocycles. The second kappa shape index (κ2) is 6.75. The standard InChI is InChI=1S/C13H17F4NO/c1-3-6-18-11(8-13(15,16)17)10-7-9(14)4-5-12(10)19-2/h4-5,7,11,18H,3,6,8H2,1-2H3. The summed E-state index contributed by atoms with van der Waals surface area (Å²) in [5.74, 6) is -0.333. The monoisotopic (exact) mass is 279 g/mol. The maximum Gasteiger partial charge on any atom is 0.390 e. The van der Waals surface area contributed by atoms with E-state index in [1.807, 2.05) is 6.92 Å². The topological polar surface area (TPSA) is 21.3 Å². The first-order chi connectivity index (χ1) is 8.87. The minimum Gasteiger partial charge on any atom is -0.496 e. The molecule has 1 aromatic rings. The lowest BCUT2D eigenvalue weighted by Gasteiger charge is -2.22. The highest BCUT2D eigenvalue weighted by Crippen LogP contribution is 2.34. The van der Waals surface area contributed by atoms with Gasteiger partial charge >= 0.3 is 6.18 Å². The van der Waals surface area contributed by atoms with Crippen LogP contribution in [0.3, 0.4) is 0 Å². The summed E-state index contributed by atoms with van der Waals surface area (Å²) >= 11 is 0. The predicted octanol–water partition coefficient (Wildman–Crippen LogP) is 3.83. The van der Waals surface area contributed by atoms with Crippen LogP contribution in [0.1, 0.15) is 31.4 Å². The summed E-state index contributed by atoms with van der Waals surface area (Å²) in [5, 5.41) is 2.78.